The van der Waals surface area contributed by atoms with Gasteiger partial charge in [-0.2, -0.15) is 0 Å². The summed E-state index contributed by atoms with van der Waals surface area (Å²) in [7, 11) is 1.43. The van der Waals surface area contributed by atoms with E-state index in [9.17, 15) is 24.6 Å². The molecule has 1 atom stereocenters. The van der Waals surface area contributed by atoms with Gasteiger partial charge in [0.2, 0.25) is 5.78 Å². The molecule has 1 aromatic heterocycles. The van der Waals surface area contributed by atoms with Gasteiger partial charge < -0.3 is 24.1 Å². The minimum absolute atomic E-state index is 0.0274. The minimum atomic E-state index is -1.12. The summed E-state index contributed by atoms with van der Waals surface area (Å²) < 4.78 is 16.4. The Morgan fingerprint density at radius 2 is 1.75 bits per heavy atom. The zero-order valence-corrected chi connectivity index (χ0v) is 22.4. The van der Waals surface area contributed by atoms with Crippen LogP contribution in [0.2, 0.25) is 5.02 Å². The van der Waals surface area contributed by atoms with Gasteiger partial charge in [0.15, 0.2) is 22.9 Å². The summed E-state index contributed by atoms with van der Waals surface area (Å²) >= 11 is 6.17. The molecular formula is C30H24ClNO8. The van der Waals surface area contributed by atoms with E-state index in [1.165, 1.54) is 60.5 Å². The Kier molecular flexibility index (Phi) is 6.99. The maximum Gasteiger partial charge on any atom is 0.338 e. The maximum absolute atomic E-state index is 13.9. The number of carbonyl (C=O) groups is 3. The number of hydrogen-bond acceptors (Lipinski definition) is 8. The highest BCUT2D eigenvalue weighted by Gasteiger charge is 2.45. The van der Waals surface area contributed by atoms with E-state index < -0.39 is 29.5 Å². The molecule has 3 aromatic carbocycles. The molecule has 4 aromatic rings. The lowest BCUT2D eigenvalue weighted by Gasteiger charge is -2.27. The molecule has 5 rings (SSSR count). The summed E-state index contributed by atoms with van der Waals surface area (Å²) in [4.78, 5) is 41.2. The molecule has 1 aliphatic heterocycles. The Labute approximate surface area is 233 Å². The number of fused-ring (bicyclic) bond motifs is 1. The van der Waals surface area contributed by atoms with Crippen LogP contribution >= 0.6 is 11.6 Å². The van der Waals surface area contributed by atoms with Crippen molar-refractivity contribution in [2.75, 3.05) is 12.0 Å². The maximum atomic E-state index is 13.9. The van der Waals surface area contributed by atoms with E-state index in [4.69, 9.17) is 25.5 Å². The fourth-order valence-electron chi connectivity index (χ4n) is 4.62. The molecule has 9 nitrogen and oxygen atoms in total. The van der Waals surface area contributed by atoms with Crippen LogP contribution in [0.3, 0.4) is 0 Å². The molecule has 10 heteroatoms. The fourth-order valence-corrected chi connectivity index (χ4v) is 4.84. The number of nitrogens with zero attached hydrogens (tertiary/aromatic N) is 1. The van der Waals surface area contributed by atoms with Crippen molar-refractivity contribution in [3.05, 3.63) is 100.0 Å². The number of methoxy groups -OCH3 is 1. The van der Waals surface area contributed by atoms with Crippen LogP contribution in [0.15, 0.2) is 82.5 Å². The molecule has 2 N–H and O–H groups in total. The summed E-state index contributed by atoms with van der Waals surface area (Å²) in [6.07, 6.45) is -0.360. The number of hydrogen-bond donors (Lipinski definition) is 2. The van der Waals surface area contributed by atoms with Crippen LogP contribution in [0.5, 0.6) is 11.5 Å². The molecule has 0 bridgehead atoms. The molecule has 1 aliphatic rings. The van der Waals surface area contributed by atoms with E-state index in [1.807, 2.05) is 0 Å². The number of aliphatic hydroxyl groups is 1. The van der Waals surface area contributed by atoms with Crippen molar-refractivity contribution >= 4 is 45.9 Å². The number of halogens is 1. The number of rotatable bonds is 7. The molecule has 40 heavy (non-hydrogen) atoms. The van der Waals surface area contributed by atoms with Crippen molar-refractivity contribution in [2.45, 2.75) is 26.0 Å². The number of anilines is 1. The number of phenolic OH excluding ortho intramolecular Hbond substituents is 1. The predicted octanol–water partition coefficient (Wildman–Crippen LogP) is 6.15. The number of furan rings is 1. The summed E-state index contributed by atoms with van der Waals surface area (Å²) in [5.41, 5.74) is 0.882. The number of ether oxygens (including phenoxy) is 2. The van der Waals surface area contributed by atoms with Crippen molar-refractivity contribution in [3.63, 3.8) is 0 Å². The first-order chi connectivity index (χ1) is 19.1. The van der Waals surface area contributed by atoms with Gasteiger partial charge in [0.1, 0.15) is 5.75 Å². The molecule has 0 fully saturated rings. The molecule has 0 radical (unpaired) electrons. The first kappa shape index (κ1) is 26.8. The Hall–Kier alpha value is -4.76. The Morgan fingerprint density at radius 3 is 2.42 bits per heavy atom. The highest BCUT2D eigenvalue weighted by Crippen LogP contribution is 2.43. The van der Waals surface area contributed by atoms with Gasteiger partial charge in [-0.3, -0.25) is 14.5 Å². The summed E-state index contributed by atoms with van der Waals surface area (Å²) in [6, 6.07) is 15.5. The lowest BCUT2D eigenvalue weighted by atomic mass is 9.94. The zero-order chi connectivity index (χ0) is 28.7. The second-order valence-electron chi connectivity index (χ2n) is 9.40. The van der Waals surface area contributed by atoms with Gasteiger partial charge in [-0.1, -0.05) is 29.8 Å². The summed E-state index contributed by atoms with van der Waals surface area (Å²) in [6.45, 7) is 3.43. The number of amides is 1. The number of aromatic hydroxyl groups is 1. The quantitative estimate of drug-likeness (QED) is 0.203. The van der Waals surface area contributed by atoms with Gasteiger partial charge in [-0.05, 0) is 61.9 Å². The van der Waals surface area contributed by atoms with Gasteiger partial charge in [0.25, 0.3) is 5.91 Å². The normalized spacial score (nSPS) is 15.3. The van der Waals surface area contributed by atoms with E-state index in [0.717, 1.165) is 0 Å². The van der Waals surface area contributed by atoms with E-state index in [0.29, 0.717) is 21.7 Å². The average molecular weight is 562 g/mol. The van der Waals surface area contributed by atoms with Crippen molar-refractivity contribution in [2.24, 2.45) is 0 Å². The van der Waals surface area contributed by atoms with Crippen LogP contribution in [0.25, 0.3) is 11.0 Å². The Balaban J connectivity index is 1.63. The van der Waals surface area contributed by atoms with E-state index >= 15 is 0 Å². The molecule has 0 aliphatic carbocycles. The van der Waals surface area contributed by atoms with Crippen LogP contribution in [0, 0.1) is 0 Å². The lowest BCUT2D eigenvalue weighted by Crippen LogP contribution is -2.31. The summed E-state index contributed by atoms with van der Waals surface area (Å²) in [5.74, 6) is -2.82. The van der Waals surface area contributed by atoms with Crippen LogP contribution in [-0.4, -0.2) is 41.1 Å². The monoisotopic (exact) mass is 561 g/mol. The van der Waals surface area contributed by atoms with Gasteiger partial charge in [0.05, 0.1) is 30.4 Å². The van der Waals surface area contributed by atoms with Crippen molar-refractivity contribution in [1.82, 2.24) is 0 Å². The van der Waals surface area contributed by atoms with Gasteiger partial charge >= 0.3 is 5.97 Å². The molecule has 0 saturated heterocycles. The number of phenols is 1. The third-order valence-electron chi connectivity index (χ3n) is 6.36. The first-order valence-corrected chi connectivity index (χ1v) is 12.6. The van der Waals surface area contributed by atoms with Gasteiger partial charge in [-0.15, -0.1) is 0 Å². The largest absolute Gasteiger partial charge is 0.508 e. The topological polar surface area (TPSA) is 127 Å². The highest BCUT2D eigenvalue weighted by molar-refractivity contribution is 6.31. The number of ketones is 1. The molecule has 2 heterocycles. The fraction of sp³-hybridized carbons (Fsp3) is 0.167. The molecule has 204 valence electrons. The molecule has 1 unspecified atom stereocenters. The molecular weight excluding hydrogens is 538 g/mol. The average Bonchev–Trinajstić information content (AvgIpc) is 3.46. The second-order valence-corrected chi connectivity index (χ2v) is 9.84. The number of esters is 1. The number of Topliss-reactive ketones (excluding diaryl/α,β-unsaturated/α-hetero) is 1. The Bertz CT molecular complexity index is 1690. The van der Waals surface area contributed by atoms with Crippen LogP contribution < -0.4 is 9.64 Å². The number of carbonyl (C=O) groups excluding carboxylic acids is 3. The van der Waals surface area contributed by atoms with Crippen molar-refractivity contribution in [3.8, 4) is 11.5 Å². The highest BCUT2D eigenvalue weighted by atomic mass is 35.5. The third-order valence-corrected chi connectivity index (χ3v) is 6.57. The molecule has 1 amide bonds. The van der Waals surface area contributed by atoms with Crippen molar-refractivity contribution in [1.29, 1.82) is 0 Å². The van der Waals surface area contributed by atoms with Crippen LogP contribution in [-0.2, 0) is 9.53 Å². The van der Waals surface area contributed by atoms with Crippen LogP contribution in [0.1, 0.15) is 46.4 Å². The second kappa shape index (κ2) is 10.4. The van der Waals surface area contributed by atoms with E-state index in [1.54, 1.807) is 32.0 Å². The minimum Gasteiger partial charge on any atom is -0.508 e. The first-order valence-electron chi connectivity index (χ1n) is 12.3. The third kappa shape index (κ3) is 4.76. The smallest absolute Gasteiger partial charge is 0.338 e. The van der Waals surface area contributed by atoms with Gasteiger partial charge in [-0.25, -0.2) is 4.79 Å². The zero-order valence-electron chi connectivity index (χ0n) is 21.7. The predicted molar refractivity (Wildman–Crippen MR) is 147 cm³/mol. The van der Waals surface area contributed by atoms with Crippen LogP contribution in [0.4, 0.5) is 5.69 Å². The Morgan fingerprint density at radius 1 is 1.02 bits per heavy atom. The number of benzene rings is 3. The number of aliphatic hydroxyl groups excluding tert-OH is 1. The SMILES string of the molecule is COc1cc(Cl)cc2cc(C(=O)C3=C(O)C(=O)N(c4cccc(C(=O)OC(C)C)c4)C3c3ccc(O)cc3)oc12. The van der Waals surface area contributed by atoms with Crippen molar-refractivity contribution < 1.29 is 38.5 Å². The summed E-state index contributed by atoms with van der Waals surface area (Å²) in [5, 5.41) is 21.8. The standard InChI is InChI=1S/C30H24ClNO8/c1-15(2)39-30(37)17-5-4-6-20(12-17)32-25(16-7-9-21(33)10-8-16)24(27(35)29(32)36)26(34)22-13-18-11-19(31)14-23(38-3)28(18)40-22/h4-15,25,33,35H,1-3H3. The molecule has 0 spiro atoms. The van der Waals surface area contributed by atoms with E-state index in [2.05, 4.69) is 0 Å². The van der Waals surface area contributed by atoms with Gasteiger partial charge in [0, 0.05) is 22.2 Å². The lowest BCUT2D eigenvalue weighted by molar-refractivity contribution is -0.117. The van der Waals surface area contributed by atoms with E-state index in [-0.39, 0.29) is 40.0 Å². The molecule has 0 saturated carbocycles.